The van der Waals surface area contributed by atoms with Crippen molar-refractivity contribution in [2.45, 2.75) is 56.0 Å². The van der Waals surface area contributed by atoms with Crippen LogP contribution in [-0.2, 0) is 10.0 Å². The quantitative estimate of drug-likeness (QED) is 0.831. The van der Waals surface area contributed by atoms with E-state index in [1.807, 2.05) is 6.92 Å². The fourth-order valence-corrected chi connectivity index (χ4v) is 3.19. The van der Waals surface area contributed by atoms with Gasteiger partial charge in [0.2, 0.25) is 10.0 Å². The Kier molecular flexibility index (Phi) is 3.57. The summed E-state index contributed by atoms with van der Waals surface area (Å²) >= 11 is 0. The molecule has 0 saturated heterocycles. The highest BCUT2D eigenvalue weighted by atomic mass is 32.2. The van der Waals surface area contributed by atoms with Gasteiger partial charge in [-0.15, -0.1) is 0 Å². The molecule has 0 aromatic carbocycles. The first-order valence-electron chi connectivity index (χ1n) is 7.40. The summed E-state index contributed by atoms with van der Waals surface area (Å²) in [5.41, 5.74) is 0.393. The van der Waals surface area contributed by atoms with Gasteiger partial charge in [-0.05, 0) is 38.2 Å². The summed E-state index contributed by atoms with van der Waals surface area (Å²) in [5, 5.41) is 8.12. The monoisotopic (exact) mass is 311 g/mol. The second kappa shape index (κ2) is 5.14. The summed E-state index contributed by atoms with van der Waals surface area (Å²) in [6, 6.07) is 1.71. The van der Waals surface area contributed by atoms with Crippen LogP contribution in [0, 0.1) is 5.92 Å². The summed E-state index contributed by atoms with van der Waals surface area (Å²) in [4.78, 5) is 12.4. The molecule has 2 aliphatic carbocycles. The van der Waals surface area contributed by atoms with Crippen LogP contribution in [0.2, 0.25) is 0 Å². The van der Waals surface area contributed by atoms with Crippen LogP contribution in [0.15, 0.2) is 17.2 Å². The molecule has 0 bridgehead atoms. The predicted molar refractivity (Wildman–Crippen MR) is 78.3 cm³/mol. The third-order valence-electron chi connectivity index (χ3n) is 4.09. The maximum atomic E-state index is 12.4. The second-order valence-corrected chi connectivity index (χ2v) is 7.86. The highest BCUT2D eigenvalue weighted by Crippen LogP contribution is 2.37. The molecule has 1 amide bonds. The van der Waals surface area contributed by atoms with Crippen molar-refractivity contribution in [2.24, 2.45) is 11.1 Å². The summed E-state index contributed by atoms with van der Waals surface area (Å²) in [7, 11) is -3.78. The van der Waals surface area contributed by atoms with Gasteiger partial charge in [0.05, 0.1) is 0 Å². The Hall–Kier alpha value is -1.34. The Balaban J connectivity index is 1.78. The zero-order valence-corrected chi connectivity index (χ0v) is 12.9. The summed E-state index contributed by atoms with van der Waals surface area (Å²) in [6.45, 7) is 1.99. The Labute approximate surface area is 124 Å². The molecule has 1 unspecified atom stereocenters. The molecule has 1 heterocycles. The van der Waals surface area contributed by atoms with Crippen molar-refractivity contribution in [3.05, 3.63) is 18.0 Å². The van der Waals surface area contributed by atoms with Gasteiger partial charge < -0.3 is 9.88 Å². The number of hydrogen-bond donors (Lipinski definition) is 2. The Morgan fingerprint density at radius 2 is 2.10 bits per heavy atom. The number of aromatic nitrogens is 1. The largest absolute Gasteiger partial charge is 0.348 e. The van der Waals surface area contributed by atoms with Gasteiger partial charge in [0, 0.05) is 18.3 Å². The lowest BCUT2D eigenvalue weighted by molar-refractivity contribution is 0.0928. The van der Waals surface area contributed by atoms with E-state index in [0.717, 1.165) is 25.2 Å². The molecule has 1 aromatic heterocycles. The van der Waals surface area contributed by atoms with Gasteiger partial charge in [-0.1, -0.05) is 12.8 Å². The molecule has 3 N–H and O–H groups in total. The molecular formula is C14H21N3O3S. The van der Waals surface area contributed by atoms with E-state index in [1.165, 1.54) is 25.1 Å². The van der Waals surface area contributed by atoms with Gasteiger partial charge in [0.15, 0.2) is 0 Å². The number of carbonyl (C=O) groups excluding carboxylic acids is 1. The maximum Gasteiger partial charge on any atom is 0.268 e. The average Bonchev–Trinajstić information content (AvgIpc) is 3.28. The van der Waals surface area contributed by atoms with E-state index in [2.05, 4.69) is 5.32 Å². The number of amides is 1. The highest BCUT2D eigenvalue weighted by Gasteiger charge is 2.30. The molecule has 2 fully saturated rings. The van der Waals surface area contributed by atoms with Gasteiger partial charge in [-0.2, -0.15) is 0 Å². The lowest BCUT2D eigenvalue weighted by Crippen LogP contribution is -2.34. The van der Waals surface area contributed by atoms with Crippen LogP contribution in [0.5, 0.6) is 0 Å². The zero-order valence-electron chi connectivity index (χ0n) is 12.1. The zero-order chi connectivity index (χ0) is 15.2. The first-order chi connectivity index (χ1) is 9.84. The molecular weight excluding hydrogens is 290 g/mol. The lowest BCUT2D eigenvalue weighted by atomic mass is 10.1. The van der Waals surface area contributed by atoms with Gasteiger partial charge in [0.1, 0.15) is 10.6 Å². The van der Waals surface area contributed by atoms with Gasteiger partial charge in [-0.3, -0.25) is 4.79 Å². The first-order valence-corrected chi connectivity index (χ1v) is 8.95. The van der Waals surface area contributed by atoms with Crippen molar-refractivity contribution in [1.82, 2.24) is 9.88 Å². The lowest BCUT2D eigenvalue weighted by Gasteiger charge is -2.14. The first kappa shape index (κ1) is 14.6. The molecule has 21 heavy (non-hydrogen) atoms. The molecule has 2 aliphatic rings. The number of primary sulfonamides is 1. The molecule has 6 nitrogen and oxygen atoms in total. The van der Waals surface area contributed by atoms with Crippen molar-refractivity contribution in [3.8, 4) is 0 Å². The Morgan fingerprint density at radius 3 is 2.62 bits per heavy atom. The summed E-state index contributed by atoms with van der Waals surface area (Å²) < 4.78 is 24.7. The second-order valence-electron chi connectivity index (χ2n) is 6.30. The van der Waals surface area contributed by atoms with E-state index in [4.69, 9.17) is 5.14 Å². The highest BCUT2D eigenvalue weighted by molar-refractivity contribution is 7.89. The van der Waals surface area contributed by atoms with Crippen molar-refractivity contribution in [2.75, 3.05) is 0 Å². The number of nitrogens with two attached hydrogens (primary N) is 1. The van der Waals surface area contributed by atoms with Crippen LogP contribution < -0.4 is 10.5 Å². The minimum atomic E-state index is -3.78. The van der Waals surface area contributed by atoms with Gasteiger partial charge in [-0.25, -0.2) is 13.6 Å². The third-order valence-corrected chi connectivity index (χ3v) is 4.97. The van der Waals surface area contributed by atoms with Crippen molar-refractivity contribution in [3.63, 3.8) is 0 Å². The minimum absolute atomic E-state index is 0.00870. The van der Waals surface area contributed by atoms with Gasteiger partial charge >= 0.3 is 0 Å². The van der Waals surface area contributed by atoms with E-state index in [0.29, 0.717) is 5.69 Å². The number of nitrogens with one attached hydrogen (secondary N) is 1. The summed E-state index contributed by atoms with van der Waals surface area (Å²) in [6.07, 6.45) is 6.89. The normalized spacial score (nSPS) is 20.3. The molecule has 2 saturated carbocycles. The Bertz CT molecular complexity index is 657. The van der Waals surface area contributed by atoms with Crippen LogP contribution >= 0.6 is 0 Å². The standard InChI is InChI=1S/C14H21N3O3S/c1-9(6-10-2-3-10)16-14(18)13-7-12(21(15,19)20)8-17(13)11-4-5-11/h7-11H,2-6H2,1H3,(H,16,18)(H2,15,19,20). The van der Waals surface area contributed by atoms with Gasteiger partial charge in [0.25, 0.3) is 5.91 Å². The molecule has 1 atom stereocenters. The van der Waals surface area contributed by atoms with Crippen LogP contribution in [0.4, 0.5) is 0 Å². The topological polar surface area (TPSA) is 94.2 Å². The van der Waals surface area contributed by atoms with Crippen molar-refractivity contribution in [1.29, 1.82) is 0 Å². The fourth-order valence-electron chi connectivity index (χ4n) is 2.66. The Morgan fingerprint density at radius 1 is 1.43 bits per heavy atom. The number of nitrogens with zero attached hydrogens (tertiary/aromatic N) is 1. The molecule has 0 radical (unpaired) electrons. The average molecular weight is 311 g/mol. The predicted octanol–water partition coefficient (Wildman–Crippen LogP) is 1.39. The summed E-state index contributed by atoms with van der Waals surface area (Å²) in [5.74, 6) is 0.514. The number of sulfonamides is 1. The molecule has 0 aliphatic heterocycles. The smallest absolute Gasteiger partial charge is 0.268 e. The van der Waals surface area contributed by atoms with Crippen LogP contribution in [-0.4, -0.2) is 24.9 Å². The van der Waals surface area contributed by atoms with Crippen LogP contribution in [0.25, 0.3) is 0 Å². The number of carbonyl (C=O) groups is 1. The molecule has 116 valence electrons. The SMILES string of the molecule is CC(CC1CC1)NC(=O)c1cc(S(N)(=O)=O)cn1C1CC1. The molecule has 3 rings (SSSR count). The van der Waals surface area contributed by atoms with Crippen molar-refractivity contribution < 1.29 is 13.2 Å². The van der Waals surface area contributed by atoms with E-state index >= 15 is 0 Å². The maximum absolute atomic E-state index is 12.4. The molecule has 7 heteroatoms. The van der Waals surface area contributed by atoms with Crippen LogP contribution in [0.3, 0.4) is 0 Å². The fraction of sp³-hybridized carbons (Fsp3) is 0.643. The van der Waals surface area contributed by atoms with Crippen LogP contribution in [0.1, 0.15) is 55.6 Å². The van der Waals surface area contributed by atoms with Crippen molar-refractivity contribution >= 4 is 15.9 Å². The third kappa shape index (κ3) is 3.47. The van der Waals surface area contributed by atoms with E-state index in [1.54, 1.807) is 4.57 Å². The minimum Gasteiger partial charge on any atom is -0.348 e. The molecule has 1 aromatic rings. The number of rotatable bonds is 6. The number of hydrogen-bond acceptors (Lipinski definition) is 3. The van der Waals surface area contributed by atoms with E-state index < -0.39 is 10.0 Å². The van der Waals surface area contributed by atoms with E-state index in [9.17, 15) is 13.2 Å². The molecule has 0 spiro atoms. The van der Waals surface area contributed by atoms with E-state index in [-0.39, 0.29) is 22.9 Å².